The fourth-order valence-corrected chi connectivity index (χ4v) is 4.68. The van der Waals surface area contributed by atoms with E-state index in [0.717, 1.165) is 34.2 Å². The van der Waals surface area contributed by atoms with E-state index in [1.54, 1.807) is 18.2 Å². The molecule has 5 rings (SSSR count). The zero-order chi connectivity index (χ0) is 23.5. The quantitative estimate of drug-likeness (QED) is 0.403. The third-order valence-electron chi connectivity index (χ3n) is 5.37. The number of hydrogen-bond acceptors (Lipinski definition) is 6. The van der Waals surface area contributed by atoms with Crippen molar-refractivity contribution >= 4 is 32.7 Å². The molecule has 0 aliphatic carbocycles. The van der Waals surface area contributed by atoms with Gasteiger partial charge in [0.05, 0.1) is 10.2 Å². The summed E-state index contributed by atoms with van der Waals surface area (Å²) in [6, 6.07) is 18.2. The van der Waals surface area contributed by atoms with Crippen LogP contribution in [0.5, 0.6) is 11.5 Å². The van der Waals surface area contributed by atoms with Crippen LogP contribution in [0, 0.1) is 17.7 Å². The molecule has 8 heteroatoms. The fourth-order valence-electron chi connectivity index (χ4n) is 3.68. The van der Waals surface area contributed by atoms with Crippen LogP contribution in [-0.4, -0.2) is 29.4 Å². The van der Waals surface area contributed by atoms with Gasteiger partial charge in [0.1, 0.15) is 5.82 Å². The van der Waals surface area contributed by atoms with Crippen molar-refractivity contribution in [2.24, 2.45) is 0 Å². The van der Waals surface area contributed by atoms with E-state index >= 15 is 0 Å². The lowest BCUT2D eigenvalue weighted by molar-refractivity contribution is -0.130. The number of aromatic nitrogens is 1. The van der Waals surface area contributed by atoms with Crippen molar-refractivity contribution in [2.75, 3.05) is 18.2 Å². The summed E-state index contributed by atoms with van der Waals surface area (Å²) < 4.78 is 25.7. The molecule has 2 heterocycles. The van der Waals surface area contributed by atoms with Crippen LogP contribution in [-0.2, 0) is 17.8 Å². The van der Waals surface area contributed by atoms with Crippen molar-refractivity contribution in [3.05, 3.63) is 83.2 Å². The second kappa shape index (κ2) is 9.41. The second-order valence-electron chi connectivity index (χ2n) is 7.70. The number of halogens is 1. The van der Waals surface area contributed by atoms with E-state index in [2.05, 4.69) is 21.7 Å². The van der Waals surface area contributed by atoms with E-state index in [1.807, 2.05) is 36.4 Å². The highest BCUT2D eigenvalue weighted by Gasteiger charge is 2.17. The van der Waals surface area contributed by atoms with Crippen molar-refractivity contribution in [2.45, 2.75) is 13.0 Å². The third kappa shape index (κ3) is 4.80. The highest BCUT2D eigenvalue weighted by atomic mass is 32.1. The Bertz CT molecular complexity index is 1420. The first kappa shape index (κ1) is 21.7. The predicted molar refractivity (Wildman–Crippen MR) is 128 cm³/mol. The Balaban J connectivity index is 1.40. The number of carbonyl (C=O) groups is 1. The van der Waals surface area contributed by atoms with Crippen LogP contribution in [0.15, 0.2) is 60.7 Å². The molecule has 3 aromatic carbocycles. The maximum Gasteiger partial charge on any atom is 0.382 e. The SMILES string of the molecule is O=C(O)C#Cc1ccc(CN(CCc2ccc3c(c2)OCO3)c2nc3cccc(F)c3s2)cc1. The van der Waals surface area contributed by atoms with Crippen LogP contribution in [0.4, 0.5) is 9.52 Å². The molecule has 34 heavy (non-hydrogen) atoms. The van der Waals surface area contributed by atoms with E-state index in [-0.39, 0.29) is 12.6 Å². The maximum absolute atomic E-state index is 14.3. The molecular weight excluding hydrogens is 455 g/mol. The van der Waals surface area contributed by atoms with Gasteiger partial charge in [-0.25, -0.2) is 14.2 Å². The van der Waals surface area contributed by atoms with Gasteiger partial charge >= 0.3 is 5.97 Å². The molecule has 4 aromatic rings. The van der Waals surface area contributed by atoms with Gasteiger partial charge in [-0.1, -0.05) is 41.5 Å². The van der Waals surface area contributed by atoms with Crippen LogP contribution in [0.1, 0.15) is 16.7 Å². The minimum absolute atomic E-state index is 0.231. The number of rotatable bonds is 6. The van der Waals surface area contributed by atoms with E-state index in [4.69, 9.17) is 14.6 Å². The molecule has 0 unspecified atom stereocenters. The third-order valence-corrected chi connectivity index (χ3v) is 6.52. The van der Waals surface area contributed by atoms with Gasteiger partial charge in [0, 0.05) is 24.6 Å². The average Bonchev–Trinajstić information content (AvgIpc) is 3.48. The monoisotopic (exact) mass is 474 g/mol. The first-order valence-corrected chi connectivity index (χ1v) is 11.4. The first-order valence-electron chi connectivity index (χ1n) is 10.6. The summed E-state index contributed by atoms with van der Waals surface area (Å²) in [5.41, 5.74) is 3.36. The van der Waals surface area contributed by atoms with Crippen molar-refractivity contribution in [1.29, 1.82) is 0 Å². The molecular formula is C26H19FN2O4S. The molecule has 1 aliphatic heterocycles. The molecule has 1 N–H and O–H groups in total. The first-order chi connectivity index (χ1) is 16.5. The van der Waals surface area contributed by atoms with Gasteiger partial charge in [0.25, 0.3) is 0 Å². The van der Waals surface area contributed by atoms with E-state index in [9.17, 15) is 9.18 Å². The van der Waals surface area contributed by atoms with Crippen LogP contribution in [0.3, 0.4) is 0 Å². The Morgan fingerprint density at radius 1 is 1.09 bits per heavy atom. The van der Waals surface area contributed by atoms with E-state index < -0.39 is 5.97 Å². The van der Waals surface area contributed by atoms with Gasteiger partial charge in [0.15, 0.2) is 16.6 Å². The molecule has 0 saturated heterocycles. The highest BCUT2D eigenvalue weighted by molar-refractivity contribution is 7.22. The number of fused-ring (bicyclic) bond motifs is 2. The van der Waals surface area contributed by atoms with Crippen molar-refractivity contribution < 1.29 is 23.8 Å². The van der Waals surface area contributed by atoms with Crippen LogP contribution in [0.25, 0.3) is 10.2 Å². The standard InChI is InChI=1S/C26H19FN2O4S/c27-20-2-1-3-21-25(20)34-26(28-21)29(13-12-18-8-10-22-23(14-18)33-16-32-22)15-19-6-4-17(5-7-19)9-11-24(30)31/h1-8,10,14H,12-13,15-16H2,(H,30,31). The molecule has 0 radical (unpaired) electrons. The average molecular weight is 475 g/mol. The molecule has 0 atom stereocenters. The lowest BCUT2D eigenvalue weighted by Gasteiger charge is -2.22. The zero-order valence-corrected chi connectivity index (χ0v) is 18.8. The van der Waals surface area contributed by atoms with Crippen LogP contribution < -0.4 is 14.4 Å². The van der Waals surface area contributed by atoms with Gasteiger partial charge in [-0.05, 0) is 53.9 Å². The van der Waals surface area contributed by atoms with Gasteiger partial charge in [-0.15, -0.1) is 0 Å². The summed E-state index contributed by atoms with van der Waals surface area (Å²) in [4.78, 5) is 17.5. The lowest BCUT2D eigenvalue weighted by atomic mass is 10.1. The number of aliphatic carboxylic acids is 1. The second-order valence-corrected chi connectivity index (χ2v) is 8.67. The Morgan fingerprint density at radius 3 is 2.68 bits per heavy atom. The molecule has 0 bridgehead atoms. The summed E-state index contributed by atoms with van der Waals surface area (Å²) in [6.07, 6.45) is 0.733. The van der Waals surface area contributed by atoms with Gasteiger partial charge in [-0.3, -0.25) is 0 Å². The summed E-state index contributed by atoms with van der Waals surface area (Å²) in [5.74, 6) is 4.77. The normalized spacial score (nSPS) is 11.8. The molecule has 0 spiro atoms. The molecule has 1 aromatic heterocycles. The summed E-state index contributed by atoms with van der Waals surface area (Å²) >= 11 is 1.33. The van der Waals surface area contributed by atoms with Gasteiger partial charge in [0.2, 0.25) is 6.79 Å². The van der Waals surface area contributed by atoms with Crippen molar-refractivity contribution in [3.63, 3.8) is 0 Å². The molecule has 0 fully saturated rings. The number of nitrogens with zero attached hydrogens (tertiary/aromatic N) is 2. The number of anilines is 1. The molecule has 0 saturated carbocycles. The van der Waals surface area contributed by atoms with Gasteiger partial charge < -0.3 is 19.5 Å². The molecule has 1 aliphatic rings. The van der Waals surface area contributed by atoms with Crippen LogP contribution >= 0.6 is 11.3 Å². The molecule has 6 nitrogen and oxygen atoms in total. The number of hydrogen-bond donors (Lipinski definition) is 1. The largest absolute Gasteiger partial charge is 0.472 e. The number of carboxylic acid groups (broad SMARTS) is 1. The van der Waals surface area contributed by atoms with Gasteiger partial charge in [-0.2, -0.15) is 0 Å². The minimum Gasteiger partial charge on any atom is -0.472 e. The highest BCUT2D eigenvalue weighted by Crippen LogP contribution is 2.34. The predicted octanol–water partition coefficient (Wildman–Crippen LogP) is 4.85. The maximum atomic E-state index is 14.3. The van der Waals surface area contributed by atoms with Crippen molar-refractivity contribution in [1.82, 2.24) is 4.98 Å². The topological polar surface area (TPSA) is 71.9 Å². The zero-order valence-electron chi connectivity index (χ0n) is 18.0. The number of carboxylic acids is 1. The van der Waals surface area contributed by atoms with Crippen LogP contribution in [0.2, 0.25) is 0 Å². The van der Waals surface area contributed by atoms with E-state index in [1.165, 1.54) is 17.4 Å². The Hall–Kier alpha value is -4.09. The minimum atomic E-state index is -1.16. The number of ether oxygens (including phenoxy) is 2. The Morgan fingerprint density at radius 2 is 1.88 bits per heavy atom. The fraction of sp³-hybridized carbons (Fsp3) is 0.154. The number of benzene rings is 3. The lowest BCUT2D eigenvalue weighted by Crippen LogP contribution is -2.25. The number of thiazole rings is 1. The molecule has 170 valence electrons. The summed E-state index contributed by atoms with van der Waals surface area (Å²) in [5, 5.41) is 9.46. The van der Waals surface area contributed by atoms with E-state index in [0.29, 0.717) is 28.9 Å². The summed E-state index contributed by atoms with van der Waals surface area (Å²) in [7, 11) is 0. The Kier molecular flexibility index (Phi) is 6.02. The van der Waals surface area contributed by atoms with Crippen molar-refractivity contribution in [3.8, 4) is 23.3 Å². The Labute approximate surface area is 199 Å². The smallest absolute Gasteiger partial charge is 0.382 e. The summed E-state index contributed by atoms with van der Waals surface area (Å²) in [6.45, 7) is 1.44. The molecule has 0 amide bonds.